The fourth-order valence-electron chi connectivity index (χ4n) is 1.29. The fraction of sp³-hybridized carbons (Fsp3) is 0.182. The van der Waals surface area contributed by atoms with Crippen LogP contribution in [0.2, 0.25) is 0 Å². The molecular formula is C11H12O5. The SMILES string of the molecule is O=C(O)/C=C/c1cc(CO)c(O)c(CO)c1. The third-order valence-electron chi connectivity index (χ3n) is 2.05. The molecule has 0 atom stereocenters. The Morgan fingerprint density at radius 1 is 1.19 bits per heavy atom. The molecule has 0 aliphatic rings. The average molecular weight is 224 g/mol. The Labute approximate surface area is 91.9 Å². The third kappa shape index (κ3) is 2.82. The number of carbonyl (C=O) groups is 1. The first-order chi connectivity index (χ1) is 7.58. The van der Waals surface area contributed by atoms with E-state index < -0.39 is 5.97 Å². The molecule has 0 saturated heterocycles. The van der Waals surface area contributed by atoms with E-state index in [1.807, 2.05) is 0 Å². The van der Waals surface area contributed by atoms with Gasteiger partial charge in [-0.1, -0.05) is 0 Å². The molecule has 0 radical (unpaired) electrons. The molecule has 16 heavy (non-hydrogen) atoms. The monoisotopic (exact) mass is 224 g/mol. The van der Waals surface area contributed by atoms with Crippen molar-refractivity contribution in [3.63, 3.8) is 0 Å². The van der Waals surface area contributed by atoms with Gasteiger partial charge < -0.3 is 20.4 Å². The summed E-state index contributed by atoms with van der Waals surface area (Å²) in [5, 5.41) is 35.9. The Hall–Kier alpha value is -1.85. The number of hydrogen-bond acceptors (Lipinski definition) is 4. The maximum atomic E-state index is 10.3. The lowest BCUT2D eigenvalue weighted by molar-refractivity contribution is -0.131. The minimum absolute atomic E-state index is 0.169. The van der Waals surface area contributed by atoms with Crippen LogP contribution in [0.4, 0.5) is 0 Å². The van der Waals surface area contributed by atoms with E-state index in [2.05, 4.69) is 0 Å². The number of benzene rings is 1. The number of aromatic hydroxyl groups is 1. The number of carboxylic acids is 1. The van der Waals surface area contributed by atoms with Gasteiger partial charge in [-0.3, -0.25) is 0 Å². The van der Waals surface area contributed by atoms with Crippen LogP contribution in [0.15, 0.2) is 18.2 Å². The van der Waals surface area contributed by atoms with Crippen LogP contribution < -0.4 is 0 Å². The van der Waals surface area contributed by atoms with E-state index >= 15 is 0 Å². The smallest absolute Gasteiger partial charge is 0.328 e. The largest absolute Gasteiger partial charge is 0.507 e. The predicted molar refractivity (Wildman–Crippen MR) is 56.6 cm³/mol. The van der Waals surface area contributed by atoms with Gasteiger partial charge in [0.25, 0.3) is 0 Å². The van der Waals surface area contributed by atoms with E-state index in [1.54, 1.807) is 0 Å². The van der Waals surface area contributed by atoms with Gasteiger partial charge in [0.05, 0.1) is 13.2 Å². The number of aliphatic hydroxyl groups excluding tert-OH is 2. The summed E-state index contributed by atoms with van der Waals surface area (Å²) in [6.45, 7) is -0.763. The van der Waals surface area contributed by atoms with E-state index in [1.165, 1.54) is 18.2 Å². The first kappa shape index (κ1) is 12.2. The van der Waals surface area contributed by atoms with E-state index in [9.17, 15) is 9.90 Å². The molecule has 0 fully saturated rings. The van der Waals surface area contributed by atoms with Gasteiger partial charge in [-0.05, 0) is 23.8 Å². The maximum absolute atomic E-state index is 10.3. The minimum Gasteiger partial charge on any atom is -0.507 e. The van der Waals surface area contributed by atoms with Gasteiger partial charge in [0.15, 0.2) is 0 Å². The first-order valence-corrected chi connectivity index (χ1v) is 4.56. The Morgan fingerprint density at radius 3 is 2.06 bits per heavy atom. The molecule has 1 aromatic carbocycles. The van der Waals surface area contributed by atoms with Crippen LogP contribution in [-0.2, 0) is 18.0 Å². The molecule has 4 N–H and O–H groups in total. The van der Waals surface area contributed by atoms with E-state index in [0.717, 1.165) is 6.08 Å². The van der Waals surface area contributed by atoms with Gasteiger partial charge in [0.1, 0.15) is 5.75 Å². The number of aliphatic carboxylic acids is 1. The summed E-state index contributed by atoms with van der Waals surface area (Å²) in [7, 11) is 0. The van der Waals surface area contributed by atoms with Crippen LogP contribution in [-0.4, -0.2) is 26.4 Å². The summed E-state index contributed by atoms with van der Waals surface area (Å²) < 4.78 is 0. The number of rotatable bonds is 4. The molecule has 0 bridgehead atoms. The van der Waals surface area contributed by atoms with Gasteiger partial charge in [-0.15, -0.1) is 0 Å². The summed E-state index contributed by atoms with van der Waals surface area (Å²) in [6, 6.07) is 2.90. The van der Waals surface area contributed by atoms with Gasteiger partial charge >= 0.3 is 5.97 Å². The number of phenols is 1. The zero-order valence-electron chi connectivity index (χ0n) is 8.42. The van der Waals surface area contributed by atoms with Gasteiger partial charge in [-0.2, -0.15) is 0 Å². The molecule has 0 unspecified atom stereocenters. The lowest BCUT2D eigenvalue weighted by atomic mass is 10.0. The van der Waals surface area contributed by atoms with E-state index in [0.29, 0.717) is 5.56 Å². The Balaban J connectivity index is 3.16. The van der Waals surface area contributed by atoms with E-state index in [4.69, 9.17) is 15.3 Å². The lowest BCUT2D eigenvalue weighted by Gasteiger charge is -2.07. The molecule has 0 spiro atoms. The van der Waals surface area contributed by atoms with Crippen molar-refractivity contribution >= 4 is 12.0 Å². The second-order valence-electron chi connectivity index (χ2n) is 3.18. The van der Waals surface area contributed by atoms with Crippen molar-refractivity contribution < 1.29 is 25.2 Å². The molecule has 1 rings (SSSR count). The predicted octanol–water partition coefficient (Wildman–Crippen LogP) is 0.475. The fourth-order valence-corrected chi connectivity index (χ4v) is 1.29. The number of carboxylic acid groups (broad SMARTS) is 1. The molecule has 86 valence electrons. The van der Waals surface area contributed by atoms with Crippen LogP contribution in [0.1, 0.15) is 16.7 Å². The molecule has 0 aliphatic heterocycles. The Kier molecular flexibility index (Phi) is 4.04. The zero-order valence-corrected chi connectivity index (χ0v) is 8.42. The Bertz CT molecular complexity index is 397. The molecule has 5 heteroatoms. The first-order valence-electron chi connectivity index (χ1n) is 4.56. The highest BCUT2D eigenvalue weighted by Gasteiger charge is 2.07. The normalized spacial score (nSPS) is 10.9. The van der Waals surface area contributed by atoms with Gasteiger partial charge in [0.2, 0.25) is 0 Å². The van der Waals surface area contributed by atoms with Gasteiger partial charge in [-0.25, -0.2) is 4.79 Å². The molecule has 0 aromatic heterocycles. The summed E-state index contributed by atoms with van der Waals surface area (Å²) in [6.07, 6.45) is 2.26. The second kappa shape index (κ2) is 5.29. The number of aliphatic hydroxyl groups is 2. The average Bonchev–Trinajstić information content (AvgIpc) is 2.27. The molecule has 1 aromatic rings. The summed E-state index contributed by atoms with van der Waals surface area (Å²) in [5.41, 5.74) is 0.987. The van der Waals surface area contributed by atoms with E-state index in [-0.39, 0.29) is 30.1 Å². The summed E-state index contributed by atoms with van der Waals surface area (Å²) >= 11 is 0. The topological polar surface area (TPSA) is 98.0 Å². The van der Waals surface area contributed by atoms with Gasteiger partial charge in [0, 0.05) is 17.2 Å². The van der Waals surface area contributed by atoms with Crippen molar-refractivity contribution in [3.8, 4) is 5.75 Å². The van der Waals surface area contributed by atoms with Crippen molar-refractivity contribution in [3.05, 3.63) is 34.9 Å². The highest BCUT2D eigenvalue weighted by Crippen LogP contribution is 2.25. The van der Waals surface area contributed by atoms with Crippen molar-refractivity contribution in [2.24, 2.45) is 0 Å². The quantitative estimate of drug-likeness (QED) is 0.557. The second-order valence-corrected chi connectivity index (χ2v) is 3.18. The molecule has 0 saturated carbocycles. The molecule has 0 aliphatic carbocycles. The summed E-state index contributed by atoms with van der Waals surface area (Å²) in [5.74, 6) is -1.26. The molecule has 0 amide bonds. The van der Waals surface area contributed by atoms with Crippen molar-refractivity contribution in [1.29, 1.82) is 0 Å². The van der Waals surface area contributed by atoms with Crippen LogP contribution >= 0.6 is 0 Å². The van der Waals surface area contributed by atoms with Crippen LogP contribution in [0.3, 0.4) is 0 Å². The zero-order chi connectivity index (χ0) is 12.1. The number of hydrogen-bond donors (Lipinski definition) is 4. The van der Waals surface area contributed by atoms with Crippen molar-refractivity contribution in [2.45, 2.75) is 13.2 Å². The minimum atomic E-state index is -1.09. The lowest BCUT2D eigenvalue weighted by Crippen LogP contribution is -1.93. The Morgan fingerprint density at radius 2 is 1.69 bits per heavy atom. The molecule has 5 nitrogen and oxygen atoms in total. The molecule has 0 heterocycles. The summed E-state index contributed by atoms with van der Waals surface area (Å²) in [4.78, 5) is 10.3. The van der Waals surface area contributed by atoms with Crippen LogP contribution in [0.25, 0.3) is 6.08 Å². The molecular weight excluding hydrogens is 212 g/mol. The maximum Gasteiger partial charge on any atom is 0.328 e. The van der Waals surface area contributed by atoms with Crippen LogP contribution in [0, 0.1) is 0 Å². The highest BCUT2D eigenvalue weighted by atomic mass is 16.4. The highest BCUT2D eigenvalue weighted by molar-refractivity contribution is 5.85. The van der Waals surface area contributed by atoms with Crippen molar-refractivity contribution in [2.75, 3.05) is 0 Å². The third-order valence-corrected chi connectivity index (χ3v) is 2.05. The standard InChI is InChI=1S/C11H12O5/c12-5-8-3-7(1-2-10(14)15)4-9(6-13)11(8)16/h1-4,12-13,16H,5-6H2,(H,14,15)/b2-1+. The van der Waals surface area contributed by atoms with Crippen LogP contribution in [0.5, 0.6) is 5.75 Å². The van der Waals surface area contributed by atoms with Crippen molar-refractivity contribution in [1.82, 2.24) is 0 Å².